The number of halogens is 2. The molecular weight excluding hydrogens is 413 g/mol. The average Bonchev–Trinajstić information content (AvgIpc) is 3.01. The van der Waals surface area contributed by atoms with Crippen LogP contribution < -0.4 is 5.32 Å². The lowest BCUT2D eigenvalue weighted by molar-refractivity contribution is 0.102. The minimum atomic E-state index is -0.257. The molecule has 122 valence electrons. The maximum Gasteiger partial charge on any atom is 0.257 e. The van der Waals surface area contributed by atoms with Crippen molar-refractivity contribution in [2.75, 3.05) is 5.32 Å². The second-order valence-corrected chi connectivity index (χ2v) is 7.87. The van der Waals surface area contributed by atoms with Crippen molar-refractivity contribution in [1.82, 2.24) is 10.2 Å². The van der Waals surface area contributed by atoms with Crippen LogP contribution in [-0.2, 0) is 5.75 Å². The van der Waals surface area contributed by atoms with Crippen molar-refractivity contribution in [3.05, 3.63) is 69.9 Å². The zero-order valence-electron chi connectivity index (χ0n) is 12.2. The van der Waals surface area contributed by atoms with Gasteiger partial charge in [-0.25, -0.2) is 4.39 Å². The number of nitrogens with zero attached hydrogens (tertiary/aromatic N) is 2. The second-order valence-electron chi connectivity index (χ2n) is 4.75. The average molecular weight is 424 g/mol. The number of amides is 1. The van der Waals surface area contributed by atoms with Gasteiger partial charge in [0.15, 0.2) is 4.34 Å². The van der Waals surface area contributed by atoms with Gasteiger partial charge in [0.05, 0.1) is 0 Å². The number of carbonyl (C=O) groups is 1. The van der Waals surface area contributed by atoms with E-state index in [-0.39, 0.29) is 11.7 Å². The summed E-state index contributed by atoms with van der Waals surface area (Å²) >= 11 is 6.06. The molecular formula is C16H11BrFN3OS2. The fourth-order valence-corrected chi connectivity index (χ4v) is 3.82. The Morgan fingerprint density at radius 1 is 1.21 bits per heavy atom. The summed E-state index contributed by atoms with van der Waals surface area (Å²) in [5.74, 6) is 0.0979. The maximum atomic E-state index is 13.1. The molecule has 1 heterocycles. The molecule has 0 bridgehead atoms. The Balaban J connectivity index is 1.59. The molecule has 1 amide bonds. The zero-order valence-corrected chi connectivity index (χ0v) is 15.4. The number of thioether (sulfide) groups is 1. The Morgan fingerprint density at radius 2 is 2.00 bits per heavy atom. The summed E-state index contributed by atoms with van der Waals surface area (Å²) in [6.45, 7) is 0. The van der Waals surface area contributed by atoms with Crippen LogP contribution in [0.4, 0.5) is 9.52 Å². The van der Waals surface area contributed by atoms with Crippen molar-refractivity contribution >= 4 is 50.1 Å². The van der Waals surface area contributed by atoms with E-state index in [0.717, 1.165) is 10.0 Å². The molecule has 24 heavy (non-hydrogen) atoms. The van der Waals surface area contributed by atoms with Gasteiger partial charge in [0.2, 0.25) is 5.13 Å². The minimum Gasteiger partial charge on any atom is -0.296 e. The summed E-state index contributed by atoms with van der Waals surface area (Å²) < 4.78 is 14.8. The van der Waals surface area contributed by atoms with Crippen molar-refractivity contribution in [2.45, 2.75) is 10.1 Å². The van der Waals surface area contributed by atoms with E-state index in [1.165, 1.54) is 35.2 Å². The van der Waals surface area contributed by atoms with Gasteiger partial charge in [-0.1, -0.05) is 51.2 Å². The van der Waals surface area contributed by atoms with Crippen molar-refractivity contribution in [2.24, 2.45) is 0 Å². The van der Waals surface area contributed by atoms with E-state index in [0.29, 0.717) is 20.8 Å². The van der Waals surface area contributed by atoms with Crippen LogP contribution in [0, 0.1) is 5.82 Å². The lowest BCUT2D eigenvalue weighted by Crippen LogP contribution is -2.11. The first-order chi connectivity index (χ1) is 11.6. The molecule has 4 nitrogen and oxygen atoms in total. The molecule has 0 atom stereocenters. The molecule has 0 unspecified atom stereocenters. The molecule has 1 aromatic heterocycles. The third kappa shape index (κ3) is 4.62. The predicted molar refractivity (Wildman–Crippen MR) is 98.0 cm³/mol. The summed E-state index contributed by atoms with van der Waals surface area (Å²) in [6.07, 6.45) is 0. The van der Waals surface area contributed by atoms with E-state index in [9.17, 15) is 9.18 Å². The van der Waals surface area contributed by atoms with Gasteiger partial charge in [-0.15, -0.1) is 10.2 Å². The molecule has 0 saturated heterocycles. The number of nitrogens with one attached hydrogen (secondary N) is 1. The first-order valence-electron chi connectivity index (χ1n) is 6.88. The van der Waals surface area contributed by atoms with Crippen molar-refractivity contribution in [3.8, 4) is 0 Å². The third-order valence-electron chi connectivity index (χ3n) is 2.98. The van der Waals surface area contributed by atoms with Gasteiger partial charge in [-0.2, -0.15) is 0 Å². The fraction of sp³-hybridized carbons (Fsp3) is 0.0625. The van der Waals surface area contributed by atoms with E-state index in [1.54, 1.807) is 30.3 Å². The molecule has 0 aliphatic rings. The first kappa shape index (κ1) is 17.1. The summed E-state index contributed by atoms with van der Waals surface area (Å²) in [6, 6.07) is 13.5. The molecule has 8 heteroatoms. The highest BCUT2D eigenvalue weighted by Crippen LogP contribution is 2.28. The van der Waals surface area contributed by atoms with E-state index in [1.807, 2.05) is 6.07 Å². The van der Waals surface area contributed by atoms with Gasteiger partial charge < -0.3 is 0 Å². The first-order valence-corrected chi connectivity index (χ1v) is 9.47. The highest BCUT2D eigenvalue weighted by molar-refractivity contribution is 9.10. The Bertz CT molecular complexity index is 855. The van der Waals surface area contributed by atoms with Gasteiger partial charge >= 0.3 is 0 Å². The van der Waals surface area contributed by atoms with Crippen LogP contribution >= 0.6 is 39.0 Å². The van der Waals surface area contributed by atoms with Gasteiger partial charge in [0, 0.05) is 15.8 Å². The van der Waals surface area contributed by atoms with Crippen LogP contribution in [0.15, 0.2) is 57.3 Å². The number of benzene rings is 2. The van der Waals surface area contributed by atoms with Crippen LogP contribution in [-0.4, -0.2) is 16.1 Å². The van der Waals surface area contributed by atoms with Gasteiger partial charge in [-0.05, 0) is 42.0 Å². The zero-order chi connectivity index (χ0) is 16.9. The van der Waals surface area contributed by atoms with Crippen LogP contribution in [0.1, 0.15) is 15.9 Å². The van der Waals surface area contributed by atoms with Crippen molar-refractivity contribution in [3.63, 3.8) is 0 Å². The lowest BCUT2D eigenvalue weighted by Gasteiger charge is -2.00. The number of carbonyl (C=O) groups excluding carboxylic acids is 1. The highest BCUT2D eigenvalue weighted by Gasteiger charge is 2.10. The maximum absolute atomic E-state index is 13.1. The van der Waals surface area contributed by atoms with E-state index >= 15 is 0 Å². The summed E-state index contributed by atoms with van der Waals surface area (Å²) in [5.41, 5.74) is 1.41. The van der Waals surface area contributed by atoms with E-state index < -0.39 is 0 Å². The number of aromatic nitrogens is 2. The second kappa shape index (κ2) is 7.87. The van der Waals surface area contributed by atoms with Crippen LogP contribution in [0.3, 0.4) is 0 Å². The standard InChI is InChI=1S/C16H11BrFN3OS2/c17-12-6-4-11(5-7-12)14(22)19-15-20-21-16(24-15)23-9-10-2-1-3-13(18)8-10/h1-8H,9H2,(H,19,20,22). The number of rotatable bonds is 5. The predicted octanol–water partition coefficient (Wildman–Crippen LogP) is 4.98. The molecule has 1 N–H and O–H groups in total. The number of hydrogen-bond donors (Lipinski definition) is 1. The number of anilines is 1. The highest BCUT2D eigenvalue weighted by atomic mass is 79.9. The smallest absolute Gasteiger partial charge is 0.257 e. The Hall–Kier alpha value is -1.77. The largest absolute Gasteiger partial charge is 0.296 e. The minimum absolute atomic E-state index is 0.236. The van der Waals surface area contributed by atoms with Crippen LogP contribution in [0.5, 0.6) is 0 Å². The van der Waals surface area contributed by atoms with E-state index in [2.05, 4.69) is 31.4 Å². The molecule has 2 aromatic carbocycles. The topological polar surface area (TPSA) is 54.9 Å². The molecule has 0 aliphatic carbocycles. The normalized spacial score (nSPS) is 10.6. The molecule has 3 rings (SSSR count). The van der Waals surface area contributed by atoms with E-state index in [4.69, 9.17) is 0 Å². The third-order valence-corrected chi connectivity index (χ3v) is 5.56. The van der Waals surface area contributed by atoms with Gasteiger partial charge in [0.1, 0.15) is 5.82 Å². The molecule has 0 saturated carbocycles. The van der Waals surface area contributed by atoms with Crippen molar-refractivity contribution < 1.29 is 9.18 Å². The summed E-state index contributed by atoms with van der Waals surface area (Å²) in [4.78, 5) is 12.1. The molecule has 0 radical (unpaired) electrons. The van der Waals surface area contributed by atoms with Crippen LogP contribution in [0.2, 0.25) is 0 Å². The monoisotopic (exact) mass is 423 g/mol. The summed E-state index contributed by atoms with van der Waals surface area (Å²) in [7, 11) is 0. The number of hydrogen-bond acceptors (Lipinski definition) is 5. The van der Waals surface area contributed by atoms with Gasteiger partial charge in [0.25, 0.3) is 5.91 Å². The molecule has 0 spiro atoms. The fourth-order valence-electron chi connectivity index (χ4n) is 1.86. The quantitative estimate of drug-likeness (QED) is 0.464. The van der Waals surface area contributed by atoms with Crippen LogP contribution in [0.25, 0.3) is 0 Å². The Labute approximate surface area is 154 Å². The van der Waals surface area contributed by atoms with Gasteiger partial charge in [-0.3, -0.25) is 10.1 Å². The summed E-state index contributed by atoms with van der Waals surface area (Å²) in [5, 5.41) is 11.1. The SMILES string of the molecule is O=C(Nc1nnc(SCc2cccc(F)c2)s1)c1ccc(Br)cc1. The molecule has 0 aliphatic heterocycles. The molecule has 0 fully saturated rings. The molecule has 3 aromatic rings. The lowest BCUT2D eigenvalue weighted by atomic mass is 10.2. The Kier molecular flexibility index (Phi) is 5.60. The van der Waals surface area contributed by atoms with Crippen molar-refractivity contribution in [1.29, 1.82) is 0 Å². The Morgan fingerprint density at radius 3 is 2.75 bits per heavy atom.